The fourth-order valence-electron chi connectivity index (χ4n) is 4.61. The Morgan fingerprint density at radius 2 is 1.76 bits per heavy atom. The zero-order valence-electron chi connectivity index (χ0n) is 21.0. The van der Waals surface area contributed by atoms with E-state index in [4.69, 9.17) is 27.8 Å². The van der Waals surface area contributed by atoms with Crippen LogP contribution in [-0.4, -0.2) is 40.1 Å². The summed E-state index contributed by atoms with van der Waals surface area (Å²) in [6.45, 7) is 0.0808. The number of nitrogens with zero attached hydrogens (tertiary/aromatic N) is 2. The molecule has 1 aliphatic carbocycles. The van der Waals surface area contributed by atoms with Crippen LogP contribution in [0.2, 0.25) is 5.02 Å². The third kappa shape index (κ3) is 6.25. The smallest absolute Gasteiger partial charge is 0.270 e. The van der Waals surface area contributed by atoms with Crippen molar-refractivity contribution in [2.24, 2.45) is 5.73 Å². The Morgan fingerprint density at radius 3 is 2.34 bits per heavy atom. The quantitative estimate of drug-likeness (QED) is 0.359. The van der Waals surface area contributed by atoms with Crippen molar-refractivity contribution in [2.75, 3.05) is 12.8 Å². The summed E-state index contributed by atoms with van der Waals surface area (Å²) in [5.41, 5.74) is 12.6. The lowest BCUT2D eigenvalue weighted by molar-refractivity contribution is -0.127. The first-order valence-electron chi connectivity index (χ1n) is 12.3. The summed E-state index contributed by atoms with van der Waals surface area (Å²) >= 11 is 6.92. The van der Waals surface area contributed by atoms with E-state index < -0.39 is 17.9 Å². The fourth-order valence-corrected chi connectivity index (χ4v) is 5.50. The van der Waals surface area contributed by atoms with Crippen LogP contribution in [0.3, 0.4) is 0 Å². The van der Waals surface area contributed by atoms with Gasteiger partial charge in [0, 0.05) is 17.6 Å². The van der Waals surface area contributed by atoms with Gasteiger partial charge in [-0.05, 0) is 59.8 Å². The van der Waals surface area contributed by atoms with Gasteiger partial charge in [-0.25, -0.2) is 0 Å². The van der Waals surface area contributed by atoms with Gasteiger partial charge in [-0.1, -0.05) is 55.1 Å². The van der Waals surface area contributed by atoms with Gasteiger partial charge in [0.25, 0.3) is 11.8 Å². The molecule has 3 aromatic rings. The first kappa shape index (κ1) is 27.4. The Balaban J connectivity index is 1.77. The summed E-state index contributed by atoms with van der Waals surface area (Å²) in [6, 6.07) is 13.1. The predicted octanol–water partition coefficient (Wildman–Crippen LogP) is 4.32. The Morgan fingerprint density at radius 1 is 1.11 bits per heavy atom. The molecular weight excluding hydrogens is 526 g/mol. The van der Waals surface area contributed by atoms with Crippen LogP contribution in [0.5, 0.6) is 5.75 Å². The third-order valence-electron chi connectivity index (χ3n) is 6.63. The van der Waals surface area contributed by atoms with Crippen LogP contribution in [0.25, 0.3) is 0 Å². The number of aromatic nitrogens is 1. The number of rotatable bonds is 9. The number of nitrogens with two attached hydrogens (primary N) is 2. The molecule has 1 heterocycles. The van der Waals surface area contributed by atoms with Crippen molar-refractivity contribution in [3.63, 3.8) is 0 Å². The van der Waals surface area contributed by atoms with E-state index in [2.05, 4.69) is 9.69 Å². The fraction of sp³-hybridized carbons (Fsp3) is 0.333. The van der Waals surface area contributed by atoms with Crippen LogP contribution in [0.15, 0.2) is 48.5 Å². The van der Waals surface area contributed by atoms with Crippen LogP contribution in [-0.2, 0) is 11.3 Å². The predicted molar refractivity (Wildman–Crippen MR) is 147 cm³/mol. The number of halogens is 1. The highest BCUT2D eigenvalue weighted by molar-refractivity contribution is 7.09. The van der Waals surface area contributed by atoms with Crippen LogP contribution in [0.1, 0.15) is 69.4 Å². The standard InChI is InChI=1S/C27H30ClN5O4S/c1-37-20-13-7-16(8-14-20)15-33(27(36)24-21(29)22(25(30)34)32-38-24)23(17-9-11-18(28)12-10-17)26(35)31-19-5-3-2-4-6-19/h7-14,19,23H,2-6,15,29H2,1H3,(H2,30,34)(H,31,35). The topological polar surface area (TPSA) is 141 Å². The number of carbonyl (C=O) groups excluding carboxylic acids is 3. The van der Waals surface area contributed by atoms with Gasteiger partial charge < -0.3 is 26.4 Å². The Bertz CT molecular complexity index is 1290. The van der Waals surface area contributed by atoms with Gasteiger partial charge in [0.1, 0.15) is 16.7 Å². The minimum atomic E-state index is -0.998. The first-order valence-corrected chi connectivity index (χ1v) is 13.5. The zero-order valence-corrected chi connectivity index (χ0v) is 22.6. The number of amides is 3. The SMILES string of the molecule is COc1ccc(CN(C(=O)c2snc(C(N)=O)c2N)C(C(=O)NC2CCCCC2)c2ccc(Cl)cc2)cc1. The van der Waals surface area contributed by atoms with Crippen LogP contribution in [0.4, 0.5) is 5.69 Å². The molecule has 3 amide bonds. The molecule has 38 heavy (non-hydrogen) atoms. The largest absolute Gasteiger partial charge is 0.497 e. The molecule has 1 aliphatic rings. The number of ether oxygens (including phenoxy) is 1. The van der Waals surface area contributed by atoms with Crippen LogP contribution in [0, 0.1) is 0 Å². The van der Waals surface area contributed by atoms with Crippen molar-refractivity contribution >= 4 is 46.5 Å². The van der Waals surface area contributed by atoms with E-state index in [-0.39, 0.29) is 34.8 Å². The number of benzene rings is 2. The first-order chi connectivity index (χ1) is 18.3. The maximum Gasteiger partial charge on any atom is 0.270 e. The molecule has 1 fully saturated rings. The average molecular weight is 556 g/mol. The van der Waals surface area contributed by atoms with E-state index in [1.165, 1.54) is 4.90 Å². The molecule has 1 aromatic heterocycles. The maximum absolute atomic E-state index is 14.0. The lowest BCUT2D eigenvalue weighted by atomic mass is 9.94. The number of anilines is 1. The Labute approximate surface area is 230 Å². The molecule has 11 heteroatoms. The molecule has 0 bridgehead atoms. The highest BCUT2D eigenvalue weighted by Gasteiger charge is 2.36. The van der Waals surface area contributed by atoms with Crippen molar-refractivity contribution in [1.82, 2.24) is 14.6 Å². The zero-order chi connectivity index (χ0) is 27.2. The molecule has 2 aromatic carbocycles. The normalized spacial score (nSPS) is 14.5. The van der Waals surface area contributed by atoms with E-state index in [9.17, 15) is 14.4 Å². The lowest BCUT2D eigenvalue weighted by Crippen LogP contribution is -2.46. The maximum atomic E-state index is 14.0. The van der Waals surface area contributed by atoms with Crippen molar-refractivity contribution < 1.29 is 19.1 Å². The third-order valence-corrected chi connectivity index (χ3v) is 7.73. The molecule has 4 rings (SSSR count). The molecule has 0 saturated heterocycles. The van der Waals surface area contributed by atoms with E-state index in [1.807, 2.05) is 12.1 Å². The van der Waals surface area contributed by atoms with Gasteiger partial charge in [0.2, 0.25) is 5.91 Å². The van der Waals surface area contributed by atoms with Crippen LogP contribution < -0.4 is 21.5 Å². The van der Waals surface area contributed by atoms with Crippen molar-refractivity contribution in [1.29, 1.82) is 0 Å². The number of primary amides is 1. The minimum Gasteiger partial charge on any atom is -0.497 e. The molecule has 0 aliphatic heterocycles. The van der Waals surface area contributed by atoms with E-state index >= 15 is 0 Å². The molecule has 1 saturated carbocycles. The van der Waals surface area contributed by atoms with Crippen LogP contribution >= 0.6 is 23.1 Å². The van der Waals surface area contributed by atoms with Gasteiger partial charge in [0.15, 0.2) is 5.69 Å². The highest BCUT2D eigenvalue weighted by Crippen LogP contribution is 2.32. The summed E-state index contributed by atoms with van der Waals surface area (Å²) in [5, 5.41) is 3.66. The molecule has 1 atom stereocenters. The molecule has 9 nitrogen and oxygen atoms in total. The van der Waals surface area contributed by atoms with Gasteiger partial charge >= 0.3 is 0 Å². The average Bonchev–Trinajstić information content (AvgIpc) is 3.31. The summed E-state index contributed by atoms with van der Waals surface area (Å²) < 4.78 is 9.25. The van der Waals surface area contributed by atoms with E-state index in [0.29, 0.717) is 16.3 Å². The lowest BCUT2D eigenvalue weighted by Gasteiger charge is -2.33. The minimum absolute atomic E-state index is 0.0268. The molecule has 200 valence electrons. The number of carbonyl (C=O) groups is 3. The van der Waals surface area contributed by atoms with Crippen molar-refractivity contribution in [2.45, 2.75) is 50.7 Å². The second-order valence-electron chi connectivity index (χ2n) is 9.22. The second-order valence-corrected chi connectivity index (χ2v) is 10.4. The van der Waals surface area contributed by atoms with Crippen molar-refractivity contribution in [3.05, 3.63) is 75.3 Å². The van der Waals surface area contributed by atoms with Crippen molar-refractivity contribution in [3.8, 4) is 5.75 Å². The monoisotopic (exact) mass is 555 g/mol. The number of nitrogen functional groups attached to an aromatic ring is 1. The number of hydrogen-bond acceptors (Lipinski definition) is 7. The summed E-state index contributed by atoms with van der Waals surface area (Å²) in [6.07, 6.45) is 4.99. The number of methoxy groups -OCH3 is 1. The summed E-state index contributed by atoms with van der Waals surface area (Å²) in [5.74, 6) is -1.01. The molecule has 5 N–H and O–H groups in total. The summed E-state index contributed by atoms with van der Waals surface area (Å²) in [4.78, 5) is 41.2. The molecule has 1 unspecified atom stereocenters. The summed E-state index contributed by atoms with van der Waals surface area (Å²) in [7, 11) is 1.57. The van der Waals surface area contributed by atoms with Gasteiger partial charge in [0.05, 0.1) is 12.8 Å². The Kier molecular flexibility index (Phi) is 8.85. The number of hydrogen-bond donors (Lipinski definition) is 3. The molecule has 0 spiro atoms. The van der Waals surface area contributed by atoms with Gasteiger partial charge in [-0.3, -0.25) is 14.4 Å². The highest BCUT2D eigenvalue weighted by atomic mass is 35.5. The number of nitrogens with one attached hydrogen (secondary N) is 1. The Hall–Kier alpha value is -3.63. The van der Waals surface area contributed by atoms with E-state index in [0.717, 1.165) is 49.2 Å². The van der Waals surface area contributed by atoms with Gasteiger partial charge in [-0.2, -0.15) is 4.37 Å². The molecular formula is C27H30ClN5O4S. The van der Waals surface area contributed by atoms with Gasteiger partial charge in [-0.15, -0.1) is 0 Å². The second kappa shape index (κ2) is 12.3. The van der Waals surface area contributed by atoms with E-state index in [1.54, 1.807) is 43.5 Å². The molecule has 0 radical (unpaired) electrons.